The molecule has 3 spiro atoms. The summed E-state index contributed by atoms with van der Waals surface area (Å²) in [5.74, 6) is 4.46. The lowest BCUT2D eigenvalue weighted by molar-refractivity contribution is -0.261. The van der Waals surface area contributed by atoms with E-state index >= 15 is 0 Å². The van der Waals surface area contributed by atoms with Crippen molar-refractivity contribution in [1.29, 1.82) is 0 Å². The van der Waals surface area contributed by atoms with Gasteiger partial charge in [0.15, 0.2) is 0 Å². The maximum atomic E-state index is 14.2. The van der Waals surface area contributed by atoms with Crippen LogP contribution in [0, 0.1) is 70.0 Å². The lowest BCUT2D eigenvalue weighted by Crippen LogP contribution is -2.82. The fraction of sp³-hybridized carbons (Fsp3) is 0.773. The molecule has 10 aliphatic rings. The number of Topliss-reactive ketones (excluding diaryl/α,β-unsaturated/α-hetero) is 1. The van der Waals surface area contributed by atoms with E-state index in [1.54, 1.807) is 0 Å². The third-order valence-electron chi connectivity index (χ3n) is 11.0. The summed E-state index contributed by atoms with van der Waals surface area (Å²) in [6.07, 6.45) is 6.92. The molecule has 6 heteroatoms. The number of rotatable bonds is 0. The smallest absolute Gasteiger partial charge is 0.318 e. The zero-order chi connectivity index (χ0) is 18.4. The molecule has 0 radical (unpaired) electrons. The highest BCUT2D eigenvalue weighted by Crippen LogP contribution is 3.01. The van der Waals surface area contributed by atoms with Crippen molar-refractivity contribution >= 4 is 41.2 Å². The minimum absolute atomic E-state index is 0.0232. The molecule has 0 aromatic rings. The highest BCUT2D eigenvalue weighted by Gasteiger charge is 3.03. The molecule has 0 amide bonds. The lowest BCUT2D eigenvalue weighted by Gasteiger charge is -2.78. The molecule has 0 unspecified atom stereocenters. The molecule has 12 atom stereocenters. The Morgan fingerprint density at radius 2 is 1.57 bits per heavy atom. The zero-order valence-corrected chi connectivity index (χ0v) is 16.8. The van der Waals surface area contributed by atoms with E-state index in [1.807, 2.05) is 0 Å². The van der Waals surface area contributed by atoms with Crippen molar-refractivity contribution in [3.8, 4) is 0 Å². The number of allylic oxidation sites excluding steroid dienone is 2. The van der Waals surface area contributed by atoms with Crippen LogP contribution in [-0.2, 0) is 19.1 Å². The number of carbonyl (C=O) groups is 3. The summed E-state index contributed by atoms with van der Waals surface area (Å²) in [6.45, 7) is 0. The van der Waals surface area contributed by atoms with Gasteiger partial charge in [-0.2, -0.15) is 0 Å². The highest BCUT2D eigenvalue weighted by molar-refractivity contribution is 8.18. The number of hydrogen-bond donors (Lipinski definition) is 0. The second kappa shape index (κ2) is 3.93. The molecule has 0 aromatic heterocycles. The zero-order valence-electron chi connectivity index (χ0n) is 15.2. The van der Waals surface area contributed by atoms with E-state index in [1.165, 1.54) is 24.3 Å². The largest absolute Gasteiger partial charge is 0.393 e. The second-order valence-electron chi connectivity index (χ2n) is 10.7. The van der Waals surface area contributed by atoms with Crippen LogP contribution in [0.5, 0.6) is 0 Å². The van der Waals surface area contributed by atoms with E-state index in [9.17, 15) is 14.4 Å². The molecule has 2 heterocycles. The molecule has 4 nitrogen and oxygen atoms in total. The number of esters is 2. The van der Waals surface area contributed by atoms with Crippen LogP contribution in [0.25, 0.3) is 0 Å². The van der Waals surface area contributed by atoms with Gasteiger partial charge in [0.2, 0.25) is 0 Å². The van der Waals surface area contributed by atoms with Gasteiger partial charge in [0.1, 0.15) is 5.78 Å². The van der Waals surface area contributed by atoms with E-state index in [2.05, 4.69) is 35.7 Å². The van der Waals surface area contributed by atoms with Crippen LogP contribution in [-0.4, -0.2) is 33.3 Å². The molecule has 8 aliphatic carbocycles. The fourth-order valence-electron chi connectivity index (χ4n) is 11.4. The van der Waals surface area contributed by atoms with Crippen molar-refractivity contribution < 1.29 is 19.1 Å². The molecule has 0 aromatic carbocycles. The molecule has 28 heavy (non-hydrogen) atoms. The van der Waals surface area contributed by atoms with Gasteiger partial charge >= 0.3 is 11.9 Å². The predicted octanol–water partition coefficient (Wildman–Crippen LogP) is 2.38. The summed E-state index contributed by atoms with van der Waals surface area (Å²) in [5.41, 5.74) is -0.463. The Bertz CT molecular complexity index is 983. The first-order valence-corrected chi connectivity index (χ1v) is 12.9. The van der Waals surface area contributed by atoms with Gasteiger partial charge in [-0.25, -0.2) is 0 Å². The molecule has 6 saturated carbocycles. The fourth-order valence-corrected chi connectivity index (χ4v) is 16.0. The Kier molecular flexibility index (Phi) is 2.12. The van der Waals surface area contributed by atoms with Crippen molar-refractivity contribution in [2.75, 3.05) is 11.5 Å². The van der Waals surface area contributed by atoms with Crippen molar-refractivity contribution in [1.82, 2.24) is 0 Å². The summed E-state index contributed by atoms with van der Waals surface area (Å²) < 4.78 is 5.31. The normalized spacial score (nSPS) is 66.6. The van der Waals surface area contributed by atoms with Crippen LogP contribution in [0.1, 0.15) is 12.8 Å². The van der Waals surface area contributed by atoms with E-state index in [-0.39, 0.29) is 50.5 Å². The number of ether oxygens (including phenoxy) is 1. The van der Waals surface area contributed by atoms with Crippen LogP contribution >= 0.6 is 23.5 Å². The van der Waals surface area contributed by atoms with Crippen LogP contribution in [0.3, 0.4) is 0 Å². The molecule has 0 N–H and O–H groups in total. The first-order valence-electron chi connectivity index (χ1n) is 10.9. The number of thioether (sulfide) groups is 2. The number of hydrogen-bond acceptors (Lipinski definition) is 6. The van der Waals surface area contributed by atoms with Gasteiger partial charge in [0, 0.05) is 28.6 Å². The van der Waals surface area contributed by atoms with Crippen molar-refractivity contribution in [2.45, 2.75) is 16.9 Å². The van der Waals surface area contributed by atoms with Gasteiger partial charge in [0.05, 0.1) is 15.9 Å². The standard InChI is InChI=1S/C22H20O4S2/c23-17-11-7-6-8-14(11)22(27-4-1-5-28-22)21-10-3-2-9(20(17,21)15(7)16(8)21)12-13(10)19(25)26-18(12)24/h2-3,7-16H,1,4-6H2/t7-,8+,9+,10-,11-,12-,13+,14-,15-,16-,20+,21+/m1/s1. The van der Waals surface area contributed by atoms with Crippen LogP contribution in [0.4, 0.5) is 0 Å². The quantitative estimate of drug-likeness (QED) is 0.346. The van der Waals surface area contributed by atoms with Crippen LogP contribution in [0.2, 0.25) is 0 Å². The molecule has 2 saturated heterocycles. The molecular weight excluding hydrogens is 392 g/mol. The summed E-state index contributed by atoms with van der Waals surface area (Å²) in [6, 6.07) is 0. The maximum absolute atomic E-state index is 14.2. The highest BCUT2D eigenvalue weighted by atomic mass is 32.2. The number of carbonyl (C=O) groups excluding carboxylic acids is 3. The Hall–Kier alpha value is -0.750. The van der Waals surface area contributed by atoms with Crippen LogP contribution < -0.4 is 0 Å². The Morgan fingerprint density at radius 1 is 0.857 bits per heavy atom. The van der Waals surface area contributed by atoms with E-state index in [4.69, 9.17) is 4.74 Å². The topological polar surface area (TPSA) is 60.4 Å². The Labute approximate surface area is 171 Å². The molecule has 10 rings (SSSR count). The van der Waals surface area contributed by atoms with Gasteiger partial charge in [-0.15, -0.1) is 23.5 Å². The number of cyclic esters (lactones) is 2. The second-order valence-corrected chi connectivity index (χ2v) is 13.7. The van der Waals surface area contributed by atoms with Crippen molar-refractivity contribution in [3.05, 3.63) is 12.2 Å². The average Bonchev–Trinajstić information content (AvgIpc) is 3.33. The summed E-state index contributed by atoms with van der Waals surface area (Å²) in [7, 11) is 0. The summed E-state index contributed by atoms with van der Waals surface area (Å²) in [5, 5.41) is 0. The van der Waals surface area contributed by atoms with E-state index in [0.717, 1.165) is 0 Å². The maximum Gasteiger partial charge on any atom is 0.318 e. The lowest BCUT2D eigenvalue weighted by atomic mass is 9.26. The molecule has 8 fully saturated rings. The minimum Gasteiger partial charge on any atom is -0.393 e. The Morgan fingerprint density at radius 3 is 2.36 bits per heavy atom. The third kappa shape index (κ3) is 0.962. The summed E-state index contributed by atoms with van der Waals surface area (Å²) >= 11 is 4.30. The average molecular weight is 413 g/mol. The molecule has 2 aliphatic heterocycles. The SMILES string of the molecule is O=C1OC(=O)[C@H]2[C@@H]1[C@H]1C=C[C@@H]2[C@]23C(=O)[C@@H]4[C@H]5C[C@H]6[C@H]4C4(SCCCS4)[C@]12[C@H]6[C@@H]53. The van der Waals surface area contributed by atoms with Gasteiger partial charge < -0.3 is 4.74 Å². The van der Waals surface area contributed by atoms with Gasteiger partial charge in [0.25, 0.3) is 0 Å². The number of fused-ring (bicyclic) bond motifs is 2. The first-order chi connectivity index (χ1) is 13.6. The van der Waals surface area contributed by atoms with Gasteiger partial charge in [-0.05, 0) is 53.9 Å². The van der Waals surface area contributed by atoms with E-state index < -0.39 is 5.92 Å². The number of ketones is 1. The van der Waals surface area contributed by atoms with E-state index in [0.29, 0.717) is 35.4 Å². The molecule has 144 valence electrons. The monoisotopic (exact) mass is 412 g/mol. The predicted molar refractivity (Wildman–Crippen MR) is 102 cm³/mol. The van der Waals surface area contributed by atoms with Crippen molar-refractivity contribution in [3.63, 3.8) is 0 Å². The summed E-state index contributed by atoms with van der Waals surface area (Å²) in [4.78, 5) is 39.7. The van der Waals surface area contributed by atoms with Crippen molar-refractivity contribution in [2.24, 2.45) is 70.0 Å². The first kappa shape index (κ1) is 15.1. The third-order valence-corrected chi connectivity index (χ3v) is 14.8. The Balaban J connectivity index is 1.41. The van der Waals surface area contributed by atoms with Gasteiger partial charge in [-0.3, -0.25) is 14.4 Å². The van der Waals surface area contributed by atoms with Gasteiger partial charge in [-0.1, -0.05) is 12.2 Å². The molecular formula is C22H20O4S2. The molecule has 4 bridgehead atoms. The minimum atomic E-state index is -0.399. The van der Waals surface area contributed by atoms with Crippen LogP contribution in [0.15, 0.2) is 12.2 Å².